The predicted molar refractivity (Wildman–Crippen MR) is 302 cm³/mol. The number of aryl methyl sites for hydroxylation is 8. The van der Waals surface area contributed by atoms with E-state index in [-0.39, 0.29) is 0 Å². The Labute approximate surface area is 415 Å². The zero-order chi connectivity index (χ0) is 47.8. The van der Waals surface area contributed by atoms with Gasteiger partial charge in [0.25, 0.3) is 0 Å². The van der Waals surface area contributed by atoms with E-state index in [1.54, 1.807) is 0 Å². The first-order chi connectivity index (χ1) is 33.4. The topological polar surface area (TPSA) is 0 Å². The highest BCUT2D eigenvalue weighted by atomic mass is 14.4. The summed E-state index contributed by atoms with van der Waals surface area (Å²) in [4.78, 5) is 0. The van der Waals surface area contributed by atoms with Gasteiger partial charge in [-0.05, 0) is 214 Å². The maximum absolute atomic E-state index is 2.65. The molecular weight excluding hydrogens is 817 g/mol. The summed E-state index contributed by atoms with van der Waals surface area (Å²) in [6.45, 7) is 18.8. The van der Waals surface area contributed by atoms with E-state index in [0.717, 1.165) is 51.4 Å². The highest BCUT2D eigenvalue weighted by molar-refractivity contribution is 6.22. The van der Waals surface area contributed by atoms with Crippen LogP contribution in [0.1, 0.15) is 203 Å². The average molecular weight is 905 g/mol. The van der Waals surface area contributed by atoms with Crippen molar-refractivity contribution in [2.75, 3.05) is 0 Å². The van der Waals surface area contributed by atoms with E-state index in [1.165, 1.54) is 214 Å². The Hall–Kier alpha value is -4.68. The second-order valence-electron chi connectivity index (χ2n) is 20.6. The molecule has 0 amide bonds. The molecule has 0 aliphatic heterocycles. The van der Waals surface area contributed by atoms with E-state index in [4.69, 9.17) is 0 Å². The lowest BCUT2D eigenvalue weighted by Gasteiger charge is -2.37. The van der Waals surface area contributed by atoms with Gasteiger partial charge in [0.2, 0.25) is 0 Å². The number of fused-ring (bicyclic) bond motifs is 4. The molecule has 0 saturated carbocycles. The van der Waals surface area contributed by atoms with Crippen LogP contribution in [-0.2, 0) is 51.4 Å². The second-order valence-corrected chi connectivity index (χ2v) is 20.6. The van der Waals surface area contributed by atoms with Crippen LogP contribution in [0.4, 0.5) is 0 Å². The maximum atomic E-state index is 2.65. The summed E-state index contributed by atoms with van der Waals surface area (Å²) < 4.78 is 0. The predicted octanol–water partition coefficient (Wildman–Crippen LogP) is 20.7. The van der Waals surface area contributed by atoms with Crippen molar-refractivity contribution in [2.45, 2.75) is 209 Å². The van der Waals surface area contributed by atoms with Crippen LogP contribution in [0.15, 0.2) is 97.1 Å². The lowest BCUT2D eigenvalue weighted by molar-refractivity contribution is 0.780. The molecule has 0 heterocycles. The van der Waals surface area contributed by atoms with Gasteiger partial charge in [-0.25, -0.2) is 0 Å². The highest BCUT2D eigenvalue weighted by Gasteiger charge is 2.37. The zero-order valence-corrected chi connectivity index (χ0v) is 44.2. The number of hydrogen-bond donors (Lipinski definition) is 0. The first-order valence-corrected chi connectivity index (χ1v) is 28.3. The molecule has 7 rings (SSSR count). The van der Waals surface area contributed by atoms with E-state index < -0.39 is 0 Å². The van der Waals surface area contributed by atoms with Crippen molar-refractivity contribution in [1.82, 2.24) is 0 Å². The molecule has 1 aliphatic rings. The largest absolute Gasteiger partial charge is 0.0654 e. The van der Waals surface area contributed by atoms with Crippen LogP contribution in [0.3, 0.4) is 0 Å². The molecule has 0 aromatic heterocycles. The van der Waals surface area contributed by atoms with E-state index in [0.29, 0.717) is 0 Å². The Bertz CT molecular complexity index is 2380. The van der Waals surface area contributed by atoms with Crippen LogP contribution >= 0.6 is 0 Å². The minimum atomic E-state index is 1.10. The summed E-state index contributed by atoms with van der Waals surface area (Å²) in [5.41, 5.74) is 29.7. The van der Waals surface area contributed by atoms with Crippen LogP contribution in [0.5, 0.6) is 0 Å². The minimum Gasteiger partial charge on any atom is -0.0654 e. The van der Waals surface area contributed by atoms with Gasteiger partial charge in [-0.1, -0.05) is 204 Å². The van der Waals surface area contributed by atoms with E-state index in [1.807, 2.05) is 0 Å². The fourth-order valence-corrected chi connectivity index (χ4v) is 11.2. The van der Waals surface area contributed by atoms with Crippen molar-refractivity contribution >= 4 is 0 Å². The molecule has 0 nitrogen and oxygen atoms in total. The molecule has 0 saturated heterocycles. The van der Waals surface area contributed by atoms with Crippen molar-refractivity contribution in [1.29, 1.82) is 0 Å². The molecule has 360 valence electrons. The van der Waals surface area contributed by atoms with Crippen molar-refractivity contribution in [3.63, 3.8) is 0 Å². The van der Waals surface area contributed by atoms with Gasteiger partial charge in [0.15, 0.2) is 0 Å². The molecule has 6 aromatic carbocycles. The van der Waals surface area contributed by atoms with E-state index >= 15 is 0 Å². The standard InChI is InChI=1S/C68H88/c1-9-17-27-49-37-41-57(53(45-49)31-21-13-5)63-64(58-42-38-50(28-18-10-2)46-54(58)32-22-14-6)66(60-44-40-52(30-20-12-4)48-56(60)34-24-16-8)68-62-36-26-25-35-61(62)67(68)65(63)59-43-39-51(29-19-11-3)47-55(59)33-23-15-7/h25-26,35-48H,9-24,27-34H2,1-8H3. The molecule has 0 heteroatoms. The first kappa shape index (κ1) is 51.2. The van der Waals surface area contributed by atoms with Gasteiger partial charge < -0.3 is 0 Å². The molecule has 0 fully saturated rings. The molecule has 0 N–H and O–H groups in total. The molecule has 0 radical (unpaired) electrons. The number of hydrogen-bond acceptors (Lipinski definition) is 0. The Morgan fingerprint density at radius 1 is 0.221 bits per heavy atom. The maximum Gasteiger partial charge on any atom is -0.000730 e. The quantitative estimate of drug-likeness (QED) is 0.0459. The average Bonchev–Trinajstić information content (AvgIpc) is 3.37. The summed E-state index contributed by atoms with van der Waals surface area (Å²) >= 11 is 0. The Kier molecular flexibility index (Phi) is 19.4. The molecule has 0 unspecified atom stereocenters. The second kappa shape index (κ2) is 25.8. The smallest absolute Gasteiger partial charge is 0.000730 e. The van der Waals surface area contributed by atoms with Crippen LogP contribution in [0.2, 0.25) is 0 Å². The van der Waals surface area contributed by atoms with Crippen molar-refractivity contribution < 1.29 is 0 Å². The molecule has 0 bridgehead atoms. The lowest BCUT2D eigenvalue weighted by Crippen LogP contribution is -2.11. The summed E-state index contributed by atoms with van der Waals surface area (Å²) in [7, 11) is 0. The van der Waals surface area contributed by atoms with E-state index in [2.05, 4.69) is 152 Å². The minimum absolute atomic E-state index is 1.10. The Morgan fingerprint density at radius 3 is 0.647 bits per heavy atom. The van der Waals surface area contributed by atoms with Gasteiger partial charge in [-0.15, -0.1) is 0 Å². The van der Waals surface area contributed by atoms with Crippen LogP contribution in [-0.4, -0.2) is 0 Å². The van der Waals surface area contributed by atoms with E-state index in [9.17, 15) is 0 Å². The molecule has 1 aliphatic carbocycles. The number of unbranched alkanes of at least 4 members (excludes halogenated alkanes) is 8. The third-order valence-electron chi connectivity index (χ3n) is 15.2. The van der Waals surface area contributed by atoms with Crippen LogP contribution < -0.4 is 0 Å². The van der Waals surface area contributed by atoms with Gasteiger partial charge in [0.05, 0.1) is 0 Å². The van der Waals surface area contributed by atoms with Crippen molar-refractivity contribution in [3.8, 4) is 66.8 Å². The lowest BCUT2D eigenvalue weighted by atomic mass is 9.66. The monoisotopic (exact) mass is 905 g/mol. The molecule has 0 spiro atoms. The number of rotatable bonds is 28. The molecule has 0 atom stereocenters. The summed E-state index contributed by atoms with van der Waals surface area (Å²) in [5, 5.41) is 0. The highest BCUT2D eigenvalue weighted by Crippen LogP contribution is 2.63. The third kappa shape index (κ3) is 11.7. The fourth-order valence-electron chi connectivity index (χ4n) is 11.2. The van der Waals surface area contributed by atoms with Gasteiger partial charge in [-0.3, -0.25) is 0 Å². The van der Waals surface area contributed by atoms with Crippen LogP contribution in [0, 0.1) is 0 Å². The normalized spacial score (nSPS) is 11.8. The molecular formula is C68H88. The van der Waals surface area contributed by atoms with Gasteiger partial charge in [0.1, 0.15) is 0 Å². The van der Waals surface area contributed by atoms with Gasteiger partial charge in [-0.2, -0.15) is 0 Å². The summed E-state index contributed by atoms with van der Waals surface area (Å²) in [6.07, 6.45) is 28.3. The summed E-state index contributed by atoms with van der Waals surface area (Å²) in [5.74, 6) is 0. The Balaban J connectivity index is 1.74. The summed E-state index contributed by atoms with van der Waals surface area (Å²) in [6, 6.07) is 40.5. The molecule has 68 heavy (non-hydrogen) atoms. The number of benzene rings is 6. The van der Waals surface area contributed by atoms with Crippen LogP contribution in [0.25, 0.3) is 66.8 Å². The zero-order valence-electron chi connectivity index (χ0n) is 44.2. The fraction of sp³-hybridized carbons (Fsp3) is 0.471. The van der Waals surface area contributed by atoms with Gasteiger partial charge >= 0.3 is 0 Å². The molecule has 6 aromatic rings. The SMILES string of the molecule is CCCCc1ccc(-c2c(-c3ccc(CCCC)cc3CCCC)c(-c3ccc(CCCC)cc3CCCC)c3c(c2-c2ccc(CCCC)cc2CCCC)-c2ccccc2-3)c(CCCC)c1. The van der Waals surface area contributed by atoms with Crippen molar-refractivity contribution in [2.24, 2.45) is 0 Å². The third-order valence-corrected chi connectivity index (χ3v) is 15.2. The Morgan fingerprint density at radius 2 is 0.426 bits per heavy atom. The first-order valence-electron chi connectivity index (χ1n) is 28.3. The van der Waals surface area contributed by atoms with Gasteiger partial charge in [0, 0.05) is 0 Å². The van der Waals surface area contributed by atoms with Crippen molar-refractivity contribution in [3.05, 3.63) is 142 Å².